The van der Waals surface area contributed by atoms with Crippen LogP contribution in [0.15, 0.2) is 102 Å². The molecule has 0 saturated carbocycles. The van der Waals surface area contributed by atoms with E-state index in [1.165, 1.54) is 11.1 Å². The van der Waals surface area contributed by atoms with E-state index < -0.39 is 5.54 Å². The second kappa shape index (κ2) is 9.20. The largest absolute Gasteiger partial charge is 0.506 e. The zero-order chi connectivity index (χ0) is 28.4. The molecule has 0 amide bonds. The highest BCUT2D eigenvalue weighted by Gasteiger charge is 2.56. The summed E-state index contributed by atoms with van der Waals surface area (Å²) in [5.74, 6) is 1.77. The molecule has 41 heavy (non-hydrogen) atoms. The molecule has 5 nitrogen and oxygen atoms in total. The van der Waals surface area contributed by atoms with Crippen LogP contribution < -0.4 is 4.74 Å². The fourth-order valence-electron chi connectivity index (χ4n) is 6.23. The van der Waals surface area contributed by atoms with Crippen LogP contribution in [0.1, 0.15) is 49.1 Å². The lowest BCUT2D eigenvalue weighted by Crippen LogP contribution is -2.48. The minimum absolute atomic E-state index is 0.0977. The van der Waals surface area contributed by atoms with Gasteiger partial charge in [-0.15, -0.1) is 0 Å². The highest BCUT2D eigenvalue weighted by molar-refractivity contribution is 5.98. The molecule has 0 saturated heterocycles. The van der Waals surface area contributed by atoms with Crippen molar-refractivity contribution in [3.05, 3.63) is 119 Å². The SMILES string of the molecule is Cc1cc(O)c2nc(Oc3cc(C4=N[C@]5(C)[C@H](O4)c4ccccc4CC5(C)C)cc(-c4ccccc4)c3)ccc2c1. The Balaban J connectivity index is 1.32. The number of phenols is 1. The maximum Gasteiger partial charge on any atom is 0.219 e. The van der Waals surface area contributed by atoms with E-state index in [1.54, 1.807) is 6.07 Å². The molecule has 0 unspecified atom stereocenters. The third kappa shape index (κ3) is 4.24. The number of rotatable bonds is 4. The number of benzene rings is 4. The quantitative estimate of drug-likeness (QED) is 0.248. The number of phenolic OH excluding ortho intramolecular Hbond substituents is 1. The van der Waals surface area contributed by atoms with Gasteiger partial charge in [-0.1, -0.05) is 68.4 Å². The van der Waals surface area contributed by atoms with Gasteiger partial charge < -0.3 is 14.6 Å². The summed E-state index contributed by atoms with van der Waals surface area (Å²) in [5.41, 5.74) is 6.39. The summed E-state index contributed by atoms with van der Waals surface area (Å²) in [6.07, 6.45) is 0.769. The van der Waals surface area contributed by atoms with Gasteiger partial charge in [0.05, 0.1) is 0 Å². The lowest BCUT2D eigenvalue weighted by atomic mass is 9.61. The molecular formula is C36H32N2O3. The Bertz CT molecular complexity index is 1840. The predicted molar refractivity (Wildman–Crippen MR) is 163 cm³/mol. The highest BCUT2D eigenvalue weighted by atomic mass is 16.5. The molecule has 4 aromatic carbocycles. The van der Waals surface area contributed by atoms with Gasteiger partial charge in [0.25, 0.3) is 0 Å². The molecule has 7 rings (SSSR count). The van der Waals surface area contributed by atoms with Crippen molar-refractivity contribution in [1.82, 2.24) is 4.98 Å². The van der Waals surface area contributed by atoms with Crippen molar-refractivity contribution in [3.8, 4) is 28.5 Å². The molecule has 1 N–H and O–H groups in total. The monoisotopic (exact) mass is 540 g/mol. The number of fused-ring (bicyclic) bond motifs is 4. The zero-order valence-corrected chi connectivity index (χ0v) is 23.7. The molecule has 5 heteroatoms. The van der Waals surface area contributed by atoms with Crippen molar-refractivity contribution >= 4 is 16.8 Å². The van der Waals surface area contributed by atoms with Gasteiger partial charge in [-0.2, -0.15) is 0 Å². The summed E-state index contributed by atoms with van der Waals surface area (Å²) in [6, 6.07) is 32.3. The minimum atomic E-state index is -0.421. The Morgan fingerprint density at radius 3 is 2.41 bits per heavy atom. The lowest BCUT2D eigenvalue weighted by Gasteiger charge is -2.46. The average molecular weight is 541 g/mol. The number of aryl methyl sites for hydroxylation is 1. The fraction of sp³-hybridized carbons (Fsp3) is 0.222. The van der Waals surface area contributed by atoms with Gasteiger partial charge in [0.15, 0.2) is 6.10 Å². The van der Waals surface area contributed by atoms with Crippen LogP contribution in [0.25, 0.3) is 22.0 Å². The van der Waals surface area contributed by atoms with Gasteiger partial charge in [0, 0.05) is 17.0 Å². The van der Waals surface area contributed by atoms with E-state index in [2.05, 4.69) is 68.2 Å². The van der Waals surface area contributed by atoms with Crippen LogP contribution in [-0.2, 0) is 11.2 Å². The van der Waals surface area contributed by atoms with Crippen molar-refractivity contribution in [1.29, 1.82) is 0 Å². The number of nitrogens with zero attached hydrogens (tertiary/aromatic N) is 2. The van der Waals surface area contributed by atoms with Crippen LogP contribution in [0.4, 0.5) is 0 Å². The molecule has 2 heterocycles. The first-order valence-electron chi connectivity index (χ1n) is 14.0. The molecular weight excluding hydrogens is 508 g/mol. The summed E-state index contributed by atoms with van der Waals surface area (Å²) in [4.78, 5) is 9.92. The number of ether oxygens (including phenoxy) is 2. The number of aromatic hydroxyl groups is 1. The number of aliphatic imine (C=N–C) groups is 1. The topological polar surface area (TPSA) is 63.9 Å². The summed E-state index contributed by atoms with van der Waals surface area (Å²) in [7, 11) is 0. The van der Waals surface area contributed by atoms with Crippen LogP contribution in [0.3, 0.4) is 0 Å². The van der Waals surface area contributed by atoms with Gasteiger partial charge in [-0.05, 0) is 89.9 Å². The van der Waals surface area contributed by atoms with E-state index in [4.69, 9.17) is 14.5 Å². The van der Waals surface area contributed by atoms with E-state index in [9.17, 15) is 5.11 Å². The van der Waals surface area contributed by atoms with Crippen molar-refractivity contribution < 1.29 is 14.6 Å². The standard InChI is InChI=1S/C36H32N2O3/c1-22-16-24-14-15-31(37-32(24)30(39)17-22)40-28-19-26(23-10-6-5-7-11-23)18-27(20-28)34-38-36(4)33(41-34)29-13-9-8-12-25(29)21-35(36,2)3/h5-20,33,39H,21H2,1-4H3/t33-,36-/m1/s1. The Kier molecular flexibility index (Phi) is 5.69. The van der Waals surface area contributed by atoms with Crippen LogP contribution in [0.5, 0.6) is 17.4 Å². The molecule has 0 spiro atoms. The molecule has 0 radical (unpaired) electrons. The first-order chi connectivity index (χ1) is 19.7. The van der Waals surface area contributed by atoms with Crippen molar-refractivity contribution in [2.45, 2.75) is 45.8 Å². The second-order valence-electron chi connectivity index (χ2n) is 12.0. The third-order valence-corrected chi connectivity index (χ3v) is 8.79. The van der Waals surface area contributed by atoms with Gasteiger partial charge in [-0.25, -0.2) is 9.98 Å². The van der Waals surface area contributed by atoms with E-state index in [0.29, 0.717) is 23.0 Å². The summed E-state index contributed by atoms with van der Waals surface area (Å²) in [5, 5.41) is 11.4. The molecule has 2 atom stereocenters. The van der Waals surface area contributed by atoms with Gasteiger partial charge >= 0.3 is 0 Å². The van der Waals surface area contributed by atoms with Gasteiger partial charge in [0.1, 0.15) is 22.6 Å². The number of hydrogen-bond acceptors (Lipinski definition) is 5. The maximum absolute atomic E-state index is 10.5. The minimum Gasteiger partial charge on any atom is -0.506 e. The average Bonchev–Trinajstić information content (AvgIpc) is 3.33. The second-order valence-corrected chi connectivity index (χ2v) is 12.0. The summed E-state index contributed by atoms with van der Waals surface area (Å²) in [6.45, 7) is 8.72. The van der Waals surface area contributed by atoms with E-state index in [-0.39, 0.29) is 17.3 Å². The Labute approximate surface area is 240 Å². The molecule has 204 valence electrons. The first-order valence-corrected chi connectivity index (χ1v) is 14.0. The Morgan fingerprint density at radius 2 is 1.59 bits per heavy atom. The van der Waals surface area contributed by atoms with Crippen LogP contribution in [-0.4, -0.2) is 21.5 Å². The van der Waals surface area contributed by atoms with E-state index >= 15 is 0 Å². The number of pyridine rings is 1. The Morgan fingerprint density at radius 1 is 0.829 bits per heavy atom. The van der Waals surface area contributed by atoms with Gasteiger partial charge in [-0.3, -0.25) is 0 Å². The van der Waals surface area contributed by atoms with Crippen LogP contribution in [0, 0.1) is 12.3 Å². The predicted octanol–water partition coefficient (Wildman–Crippen LogP) is 8.57. The van der Waals surface area contributed by atoms with E-state index in [1.807, 2.05) is 55.5 Å². The third-order valence-electron chi connectivity index (χ3n) is 8.79. The lowest BCUT2D eigenvalue weighted by molar-refractivity contribution is 0.0451. The zero-order valence-electron chi connectivity index (χ0n) is 23.7. The molecule has 2 aliphatic rings. The molecule has 0 bridgehead atoms. The number of hydrogen-bond donors (Lipinski definition) is 1. The molecule has 1 aliphatic carbocycles. The molecule has 1 aliphatic heterocycles. The van der Waals surface area contributed by atoms with Crippen LogP contribution in [0.2, 0.25) is 0 Å². The Hall–Kier alpha value is -4.64. The highest BCUT2D eigenvalue weighted by Crippen LogP contribution is 2.55. The first kappa shape index (κ1) is 25.3. The van der Waals surface area contributed by atoms with Crippen molar-refractivity contribution in [2.24, 2.45) is 10.4 Å². The van der Waals surface area contributed by atoms with Crippen LogP contribution >= 0.6 is 0 Å². The summed E-state index contributed by atoms with van der Waals surface area (Å²) < 4.78 is 13.1. The van der Waals surface area contributed by atoms with E-state index in [0.717, 1.165) is 34.1 Å². The molecule has 0 fully saturated rings. The molecule has 1 aromatic heterocycles. The smallest absolute Gasteiger partial charge is 0.219 e. The molecule has 5 aromatic rings. The normalized spacial score (nSPS) is 20.6. The van der Waals surface area contributed by atoms with Crippen molar-refractivity contribution in [3.63, 3.8) is 0 Å². The van der Waals surface area contributed by atoms with Crippen molar-refractivity contribution in [2.75, 3.05) is 0 Å². The maximum atomic E-state index is 10.5. The fourth-order valence-corrected chi connectivity index (χ4v) is 6.23. The summed E-state index contributed by atoms with van der Waals surface area (Å²) >= 11 is 0. The number of aromatic nitrogens is 1. The van der Waals surface area contributed by atoms with Gasteiger partial charge in [0.2, 0.25) is 11.8 Å².